The smallest absolute Gasteiger partial charge is 0.0898 e. The lowest BCUT2D eigenvalue weighted by Crippen LogP contribution is -1.86. The van der Waals surface area contributed by atoms with Crippen molar-refractivity contribution < 1.29 is 0 Å². The molecule has 0 spiro atoms. The lowest BCUT2D eigenvalue weighted by atomic mass is 10.4. The monoisotopic (exact) mass is 121 g/mol. The van der Waals surface area contributed by atoms with E-state index in [1.807, 2.05) is 0 Å². The molecule has 0 aliphatic rings. The van der Waals surface area contributed by atoms with Crippen LogP contribution >= 0.6 is 0 Å². The highest BCUT2D eigenvalue weighted by Crippen LogP contribution is 1.93. The van der Waals surface area contributed by atoms with E-state index < -0.39 is 0 Å². The molecule has 0 aromatic carbocycles. The van der Waals surface area contributed by atoms with Crippen molar-refractivity contribution in [2.45, 2.75) is 0 Å². The van der Waals surface area contributed by atoms with Crippen molar-refractivity contribution in [3.8, 4) is 0 Å². The van der Waals surface area contributed by atoms with E-state index in [1.54, 1.807) is 23.0 Å². The van der Waals surface area contributed by atoms with E-state index in [4.69, 9.17) is 10.8 Å². The summed E-state index contributed by atoms with van der Waals surface area (Å²) >= 11 is 0. The Morgan fingerprint density at radius 3 is 2.56 bits per heavy atom. The van der Waals surface area contributed by atoms with Gasteiger partial charge in [0.1, 0.15) is 0 Å². The van der Waals surface area contributed by atoms with Gasteiger partial charge in [-0.1, -0.05) is 0 Å². The maximum atomic E-state index is 6.82. The Balaban J connectivity index is 2.98. The molecule has 3 heteroatoms. The fourth-order valence-electron chi connectivity index (χ4n) is 0.596. The average Bonchev–Trinajstić information content (AvgIpc) is 2.34. The predicted octanol–water partition coefficient (Wildman–Crippen LogP) is 0.941. The van der Waals surface area contributed by atoms with Gasteiger partial charge in [-0.25, -0.2) is 0 Å². The maximum absolute atomic E-state index is 6.82. The van der Waals surface area contributed by atoms with Crippen LogP contribution in [0.4, 0.5) is 0 Å². The molecule has 3 nitrogen and oxygen atoms in total. The van der Waals surface area contributed by atoms with Gasteiger partial charge >= 0.3 is 0 Å². The minimum atomic E-state index is 0.818. The highest BCUT2D eigenvalue weighted by Gasteiger charge is 1.86. The van der Waals surface area contributed by atoms with Crippen LogP contribution < -0.4 is 0 Å². The minimum absolute atomic E-state index is 0.818. The molecule has 0 atom stereocenters. The largest absolute Gasteiger partial charge is 0.315 e. The fraction of sp³-hybridized carbons (Fsp3) is 0. The first kappa shape index (κ1) is 5.75. The Morgan fingerprint density at radius 2 is 2.22 bits per heavy atom. The predicted molar refractivity (Wildman–Crippen MR) is 36.5 cm³/mol. The molecule has 1 rings (SSSR count). The van der Waals surface area contributed by atoms with E-state index in [2.05, 4.69) is 0 Å². The Labute approximate surface area is 53.0 Å². The topological polar surface area (TPSA) is 52.6 Å². The van der Waals surface area contributed by atoms with Gasteiger partial charge in [-0.05, 0) is 6.07 Å². The van der Waals surface area contributed by atoms with Crippen LogP contribution in [-0.4, -0.2) is 17.1 Å². The van der Waals surface area contributed by atoms with Crippen LogP contribution in [0, 0.1) is 10.8 Å². The number of hydrogen-bond donors (Lipinski definition) is 2. The summed E-state index contributed by atoms with van der Waals surface area (Å²) in [6.45, 7) is 0. The Bertz CT molecular complexity index is 201. The summed E-state index contributed by atoms with van der Waals surface area (Å²) in [5.74, 6) is 0. The molecule has 1 aromatic heterocycles. The highest BCUT2D eigenvalue weighted by atomic mass is 14.9. The highest BCUT2D eigenvalue weighted by molar-refractivity contribution is 5.77. The molecule has 0 amide bonds. The van der Waals surface area contributed by atoms with Gasteiger partial charge < -0.3 is 9.98 Å². The fourth-order valence-corrected chi connectivity index (χ4v) is 0.596. The first-order chi connectivity index (χ1) is 4.36. The van der Waals surface area contributed by atoms with Gasteiger partial charge in [0.15, 0.2) is 0 Å². The maximum Gasteiger partial charge on any atom is 0.0898 e. The first-order valence-corrected chi connectivity index (χ1v) is 2.55. The van der Waals surface area contributed by atoms with Crippen LogP contribution in [0.25, 0.3) is 0 Å². The third-order valence-electron chi connectivity index (χ3n) is 1.05. The summed E-state index contributed by atoms with van der Waals surface area (Å²) in [6, 6.07) is 1.78. The van der Waals surface area contributed by atoms with Crippen LogP contribution in [0.1, 0.15) is 5.56 Å². The summed E-state index contributed by atoms with van der Waals surface area (Å²) in [6.07, 6.45) is 5.88. The molecule has 0 fully saturated rings. The van der Waals surface area contributed by atoms with Gasteiger partial charge in [-0.3, -0.25) is 5.41 Å². The average molecular weight is 121 g/mol. The number of hydrogen-bond acceptors (Lipinski definition) is 2. The van der Waals surface area contributed by atoms with Crippen molar-refractivity contribution in [1.82, 2.24) is 4.57 Å². The number of rotatable bonds is 2. The summed E-state index contributed by atoms with van der Waals surface area (Å²) in [5.41, 5.74) is 0.818. The zero-order valence-electron chi connectivity index (χ0n) is 4.83. The minimum Gasteiger partial charge on any atom is -0.315 e. The SMILES string of the molecule is N=Cc1ccn(C=N)c1. The molecule has 46 valence electrons. The van der Waals surface area contributed by atoms with Crippen molar-refractivity contribution in [3.05, 3.63) is 24.0 Å². The van der Waals surface area contributed by atoms with Gasteiger partial charge in [0.05, 0.1) is 6.34 Å². The second-order valence-corrected chi connectivity index (χ2v) is 1.67. The van der Waals surface area contributed by atoms with E-state index in [0.717, 1.165) is 5.56 Å². The molecule has 0 aliphatic heterocycles. The van der Waals surface area contributed by atoms with Crippen LogP contribution in [0.5, 0.6) is 0 Å². The van der Waals surface area contributed by atoms with Gasteiger partial charge in [0.25, 0.3) is 0 Å². The molecule has 0 unspecified atom stereocenters. The summed E-state index contributed by atoms with van der Waals surface area (Å²) in [5, 5.41) is 13.6. The molecule has 0 radical (unpaired) electrons. The first-order valence-electron chi connectivity index (χ1n) is 2.55. The number of nitrogens with zero attached hydrogens (tertiary/aromatic N) is 1. The molecule has 2 N–H and O–H groups in total. The van der Waals surface area contributed by atoms with Crippen LogP contribution in [-0.2, 0) is 0 Å². The Morgan fingerprint density at radius 1 is 1.44 bits per heavy atom. The summed E-state index contributed by atoms with van der Waals surface area (Å²) in [7, 11) is 0. The molecular weight excluding hydrogens is 114 g/mol. The third kappa shape index (κ3) is 1.05. The van der Waals surface area contributed by atoms with Crippen molar-refractivity contribution >= 4 is 12.6 Å². The molecular formula is C6H7N3. The molecule has 0 aliphatic carbocycles. The van der Waals surface area contributed by atoms with Gasteiger partial charge in [-0.2, -0.15) is 0 Å². The van der Waals surface area contributed by atoms with E-state index in [0.29, 0.717) is 0 Å². The van der Waals surface area contributed by atoms with Crippen molar-refractivity contribution in [3.63, 3.8) is 0 Å². The van der Waals surface area contributed by atoms with Gasteiger partial charge in [0, 0.05) is 24.2 Å². The van der Waals surface area contributed by atoms with Crippen LogP contribution in [0.2, 0.25) is 0 Å². The molecule has 9 heavy (non-hydrogen) atoms. The number of aromatic nitrogens is 1. The Hall–Kier alpha value is -1.38. The molecule has 0 bridgehead atoms. The standard InChI is InChI=1S/C6H7N3/c7-3-6-1-2-9(4-6)5-8/h1-5,7-8H. The Kier molecular flexibility index (Phi) is 1.44. The quantitative estimate of drug-likeness (QED) is 0.432. The van der Waals surface area contributed by atoms with Gasteiger partial charge in [0.2, 0.25) is 0 Å². The van der Waals surface area contributed by atoms with E-state index in [1.165, 1.54) is 12.6 Å². The van der Waals surface area contributed by atoms with E-state index >= 15 is 0 Å². The van der Waals surface area contributed by atoms with E-state index in [9.17, 15) is 0 Å². The zero-order valence-corrected chi connectivity index (χ0v) is 4.83. The lowest BCUT2D eigenvalue weighted by Gasteiger charge is -1.83. The molecule has 0 saturated heterocycles. The van der Waals surface area contributed by atoms with Crippen molar-refractivity contribution in [1.29, 1.82) is 10.8 Å². The summed E-state index contributed by atoms with van der Waals surface area (Å²) < 4.78 is 1.58. The van der Waals surface area contributed by atoms with Gasteiger partial charge in [-0.15, -0.1) is 0 Å². The molecule has 1 aromatic rings. The lowest BCUT2D eigenvalue weighted by molar-refractivity contribution is 1.18. The zero-order chi connectivity index (χ0) is 6.69. The molecule has 1 heterocycles. The second-order valence-electron chi connectivity index (χ2n) is 1.67. The summed E-state index contributed by atoms with van der Waals surface area (Å²) in [4.78, 5) is 0. The third-order valence-corrected chi connectivity index (χ3v) is 1.05. The van der Waals surface area contributed by atoms with Crippen LogP contribution in [0.3, 0.4) is 0 Å². The van der Waals surface area contributed by atoms with Crippen molar-refractivity contribution in [2.24, 2.45) is 0 Å². The van der Waals surface area contributed by atoms with Crippen molar-refractivity contribution in [2.75, 3.05) is 0 Å². The number of nitrogens with one attached hydrogen (secondary N) is 2. The second kappa shape index (κ2) is 2.26. The van der Waals surface area contributed by atoms with E-state index in [-0.39, 0.29) is 0 Å². The normalized spacial score (nSPS) is 8.89. The van der Waals surface area contributed by atoms with Crippen LogP contribution in [0.15, 0.2) is 18.5 Å². The molecule has 0 saturated carbocycles.